The molecule has 9 heteroatoms. The molecular weight excluding hydrogens is 423 g/mol. The highest BCUT2D eigenvalue weighted by Gasteiger charge is 2.21. The molecule has 0 aliphatic heterocycles. The third-order valence-corrected chi connectivity index (χ3v) is 5.92. The fourth-order valence-electron chi connectivity index (χ4n) is 2.35. The second-order valence-corrected chi connectivity index (χ2v) is 9.03. The van der Waals surface area contributed by atoms with Gasteiger partial charge in [-0.3, -0.25) is 9.10 Å². The van der Waals surface area contributed by atoms with Crippen molar-refractivity contribution in [2.75, 3.05) is 30.3 Å². The van der Waals surface area contributed by atoms with E-state index >= 15 is 0 Å². The molecule has 0 spiro atoms. The van der Waals surface area contributed by atoms with Crippen molar-refractivity contribution in [2.24, 2.45) is 0 Å². The molecule has 0 aromatic heterocycles. The van der Waals surface area contributed by atoms with Crippen LogP contribution in [0, 0.1) is 13.8 Å². The summed E-state index contributed by atoms with van der Waals surface area (Å²) in [6.07, 6.45) is 1.04. The lowest BCUT2D eigenvalue weighted by molar-refractivity contribution is -0.119. The number of carbonyl (C=O) groups excluding carboxylic acids is 1. The molecule has 152 valence electrons. The molecule has 6 nitrogen and oxygen atoms in total. The molecule has 2 rings (SSSR count). The minimum absolute atomic E-state index is 0.219. The Morgan fingerprint density at radius 2 is 1.68 bits per heavy atom. The van der Waals surface area contributed by atoms with Crippen LogP contribution in [-0.2, 0) is 14.8 Å². The van der Waals surface area contributed by atoms with Gasteiger partial charge in [0.15, 0.2) is 0 Å². The van der Waals surface area contributed by atoms with Crippen LogP contribution in [0.1, 0.15) is 11.1 Å². The fourth-order valence-corrected chi connectivity index (χ4v) is 3.54. The molecule has 0 aliphatic carbocycles. The van der Waals surface area contributed by atoms with Gasteiger partial charge in [0.05, 0.1) is 18.5 Å². The van der Waals surface area contributed by atoms with Crippen molar-refractivity contribution in [3.8, 4) is 5.75 Å². The van der Waals surface area contributed by atoms with Crippen LogP contribution in [0.4, 0.5) is 5.69 Å². The third-order valence-electron chi connectivity index (χ3n) is 3.97. The van der Waals surface area contributed by atoms with Gasteiger partial charge in [0.2, 0.25) is 15.9 Å². The van der Waals surface area contributed by atoms with Crippen LogP contribution in [0.15, 0.2) is 36.4 Å². The van der Waals surface area contributed by atoms with E-state index in [-0.39, 0.29) is 19.7 Å². The number of ether oxygens (including phenoxy) is 1. The molecule has 0 bridgehead atoms. The summed E-state index contributed by atoms with van der Waals surface area (Å²) in [5.74, 6) is 0.143. The van der Waals surface area contributed by atoms with E-state index in [4.69, 9.17) is 27.9 Å². The highest BCUT2D eigenvalue weighted by molar-refractivity contribution is 7.92. The zero-order chi connectivity index (χ0) is 20.9. The number of rotatable bonds is 8. The van der Waals surface area contributed by atoms with Gasteiger partial charge in [-0.25, -0.2) is 8.42 Å². The van der Waals surface area contributed by atoms with Crippen molar-refractivity contribution in [1.82, 2.24) is 5.32 Å². The number of aryl methyl sites for hydroxylation is 2. The van der Waals surface area contributed by atoms with Gasteiger partial charge in [-0.2, -0.15) is 0 Å². The molecule has 0 unspecified atom stereocenters. The van der Waals surface area contributed by atoms with E-state index < -0.39 is 15.9 Å². The minimum Gasteiger partial charge on any atom is -0.492 e. The van der Waals surface area contributed by atoms with Gasteiger partial charge in [-0.15, -0.1) is 0 Å². The number of sulfonamides is 1. The molecule has 0 fully saturated rings. The minimum atomic E-state index is -3.66. The Bertz CT molecular complexity index is 964. The van der Waals surface area contributed by atoms with E-state index in [9.17, 15) is 13.2 Å². The summed E-state index contributed by atoms with van der Waals surface area (Å²) >= 11 is 12.1. The number of hydrogen-bond acceptors (Lipinski definition) is 4. The second-order valence-electron chi connectivity index (χ2n) is 6.31. The normalized spacial score (nSPS) is 11.2. The van der Waals surface area contributed by atoms with Crippen LogP contribution in [-0.4, -0.2) is 40.3 Å². The molecule has 2 aromatic rings. The predicted octanol–water partition coefficient (Wildman–Crippen LogP) is 3.57. The third kappa shape index (κ3) is 6.29. The molecule has 2 aromatic carbocycles. The maximum atomic E-state index is 12.2. The van der Waals surface area contributed by atoms with E-state index in [0.29, 0.717) is 21.5 Å². The van der Waals surface area contributed by atoms with Gasteiger partial charge < -0.3 is 10.1 Å². The molecule has 0 heterocycles. The Hall–Kier alpha value is -1.96. The number of halogens is 2. The van der Waals surface area contributed by atoms with Crippen LogP contribution in [0.5, 0.6) is 5.75 Å². The number of anilines is 1. The van der Waals surface area contributed by atoms with Gasteiger partial charge in [0.1, 0.15) is 18.9 Å². The van der Waals surface area contributed by atoms with Gasteiger partial charge >= 0.3 is 0 Å². The maximum absolute atomic E-state index is 12.2. The van der Waals surface area contributed by atoms with E-state index in [2.05, 4.69) is 5.32 Å². The Labute approximate surface area is 175 Å². The summed E-state index contributed by atoms with van der Waals surface area (Å²) in [6, 6.07) is 10.2. The van der Waals surface area contributed by atoms with Crippen LogP contribution < -0.4 is 14.4 Å². The van der Waals surface area contributed by atoms with Crippen LogP contribution in [0.25, 0.3) is 0 Å². The Morgan fingerprint density at radius 1 is 1.07 bits per heavy atom. The molecule has 0 radical (unpaired) electrons. The van der Waals surface area contributed by atoms with E-state index in [1.54, 1.807) is 24.3 Å². The highest BCUT2D eigenvalue weighted by atomic mass is 35.5. The fraction of sp³-hybridized carbons (Fsp3) is 0.316. The molecule has 0 saturated heterocycles. The largest absolute Gasteiger partial charge is 0.492 e. The second kappa shape index (κ2) is 9.49. The number of nitrogens with zero attached hydrogens (tertiary/aromatic N) is 1. The standard InChI is InChI=1S/C19H22Cl2N2O4S/c1-13-4-6-15(10-17(13)20)23(28(3,25)26)12-19(24)22-8-9-27-16-7-5-14(2)18(21)11-16/h4-7,10-11H,8-9,12H2,1-3H3,(H,22,24). The Morgan fingerprint density at radius 3 is 2.25 bits per heavy atom. The number of amides is 1. The highest BCUT2D eigenvalue weighted by Crippen LogP contribution is 2.25. The monoisotopic (exact) mass is 444 g/mol. The number of nitrogens with one attached hydrogen (secondary N) is 1. The average molecular weight is 445 g/mol. The van der Waals surface area contributed by atoms with E-state index in [1.165, 1.54) is 6.07 Å². The average Bonchev–Trinajstić information content (AvgIpc) is 2.61. The van der Waals surface area contributed by atoms with Crippen LogP contribution >= 0.6 is 23.2 Å². The smallest absolute Gasteiger partial charge is 0.240 e. The van der Waals surface area contributed by atoms with Crippen molar-refractivity contribution in [2.45, 2.75) is 13.8 Å². The van der Waals surface area contributed by atoms with Crippen molar-refractivity contribution in [3.05, 3.63) is 57.6 Å². The zero-order valence-electron chi connectivity index (χ0n) is 15.8. The Balaban J connectivity index is 1.93. The molecule has 28 heavy (non-hydrogen) atoms. The first-order valence-corrected chi connectivity index (χ1v) is 11.1. The summed E-state index contributed by atoms with van der Waals surface area (Å²) in [6.45, 7) is 3.79. The van der Waals surface area contributed by atoms with E-state index in [1.807, 2.05) is 19.9 Å². The first kappa shape index (κ1) is 22.3. The first-order chi connectivity index (χ1) is 13.1. The summed E-state index contributed by atoms with van der Waals surface area (Å²) in [4.78, 5) is 12.2. The number of hydrogen-bond donors (Lipinski definition) is 1. The molecule has 1 amide bonds. The summed E-state index contributed by atoms with van der Waals surface area (Å²) in [7, 11) is -3.66. The molecular formula is C19H22Cl2N2O4S. The molecule has 0 saturated carbocycles. The SMILES string of the molecule is Cc1ccc(OCCNC(=O)CN(c2ccc(C)c(Cl)c2)S(C)(=O)=O)cc1Cl. The number of carbonyl (C=O) groups is 1. The predicted molar refractivity (Wildman–Crippen MR) is 113 cm³/mol. The first-order valence-electron chi connectivity index (χ1n) is 8.47. The van der Waals surface area contributed by atoms with Crippen LogP contribution in [0.3, 0.4) is 0 Å². The quantitative estimate of drug-likeness (QED) is 0.631. The lowest BCUT2D eigenvalue weighted by Crippen LogP contribution is -2.41. The lowest BCUT2D eigenvalue weighted by atomic mass is 10.2. The van der Waals surface area contributed by atoms with Gasteiger partial charge in [-0.05, 0) is 49.2 Å². The van der Waals surface area contributed by atoms with Crippen molar-refractivity contribution >= 4 is 44.8 Å². The van der Waals surface area contributed by atoms with Crippen molar-refractivity contribution in [1.29, 1.82) is 0 Å². The maximum Gasteiger partial charge on any atom is 0.240 e. The van der Waals surface area contributed by atoms with Gasteiger partial charge in [0, 0.05) is 10.0 Å². The van der Waals surface area contributed by atoms with E-state index in [0.717, 1.165) is 21.7 Å². The zero-order valence-corrected chi connectivity index (χ0v) is 18.2. The topological polar surface area (TPSA) is 75.7 Å². The number of benzene rings is 2. The van der Waals surface area contributed by atoms with Crippen molar-refractivity contribution in [3.63, 3.8) is 0 Å². The van der Waals surface area contributed by atoms with Crippen molar-refractivity contribution < 1.29 is 17.9 Å². The summed E-state index contributed by atoms with van der Waals surface area (Å²) < 4.78 is 30.7. The molecule has 0 atom stereocenters. The summed E-state index contributed by atoms with van der Waals surface area (Å²) in [5.41, 5.74) is 2.09. The molecule has 0 aliphatic rings. The lowest BCUT2D eigenvalue weighted by Gasteiger charge is -2.22. The van der Waals surface area contributed by atoms with Crippen LogP contribution in [0.2, 0.25) is 10.0 Å². The Kier molecular flexibility index (Phi) is 7.57. The summed E-state index contributed by atoms with van der Waals surface area (Å²) in [5, 5.41) is 3.67. The molecule has 1 N–H and O–H groups in total. The van der Waals surface area contributed by atoms with Gasteiger partial charge in [0.25, 0.3) is 0 Å². The van der Waals surface area contributed by atoms with Gasteiger partial charge in [-0.1, -0.05) is 35.3 Å².